The number of hydrogen-bond donors (Lipinski definition) is 2. The first-order valence-electron chi connectivity index (χ1n) is 6.39. The lowest BCUT2D eigenvalue weighted by molar-refractivity contribution is 0.480. The number of H-pyrrole nitrogens is 1. The molecule has 1 aromatic heterocycles. The molecule has 0 unspecified atom stereocenters. The number of halogens is 1. The Kier molecular flexibility index (Phi) is 3.52. The molecule has 19 heavy (non-hydrogen) atoms. The highest BCUT2D eigenvalue weighted by atomic mass is 79.9. The molecule has 0 saturated carbocycles. The molecule has 2 N–H and O–H groups in total. The molecule has 6 heteroatoms. The van der Waals surface area contributed by atoms with E-state index in [-0.39, 0.29) is 0 Å². The number of aromatic nitrogens is 3. The molecule has 100 valence electrons. The number of benzene rings is 1. The summed E-state index contributed by atoms with van der Waals surface area (Å²) in [7, 11) is 0. The minimum absolute atomic E-state index is 0.475. The minimum atomic E-state index is 0.475. The second-order valence-corrected chi connectivity index (χ2v) is 5.71. The molecule has 0 spiro atoms. The number of anilines is 1. The van der Waals surface area contributed by atoms with Crippen LogP contribution in [0.5, 0.6) is 0 Å². The lowest BCUT2D eigenvalue weighted by atomic mass is 10.2. The van der Waals surface area contributed by atoms with Gasteiger partial charge in [0.15, 0.2) is 5.82 Å². The van der Waals surface area contributed by atoms with Gasteiger partial charge in [-0.1, -0.05) is 28.1 Å². The van der Waals surface area contributed by atoms with Gasteiger partial charge in [0.1, 0.15) is 0 Å². The van der Waals surface area contributed by atoms with Crippen molar-refractivity contribution in [3.63, 3.8) is 0 Å². The summed E-state index contributed by atoms with van der Waals surface area (Å²) >= 11 is 3.43. The maximum absolute atomic E-state index is 4.58. The van der Waals surface area contributed by atoms with E-state index in [0.717, 1.165) is 41.4 Å². The summed E-state index contributed by atoms with van der Waals surface area (Å²) < 4.78 is 1.06. The van der Waals surface area contributed by atoms with Crippen LogP contribution in [0.3, 0.4) is 0 Å². The first-order chi connectivity index (χ1) is 9.22. The molecule has 1 fully saturated rings. The molecule has 2 aromatic rings. The van der Waals surface area contributed by atoms with Crippen LogP contribution in [0.4, 0.5) is 5.95 Å². The van der Waals surface area contributed by atoms with Crippen LogP contribution < -0.4 is 10.2 Å². The van der Waals surface area contributed by atoms with E-state index in [9.17, 15) is 0 Å². The second kappa shape index (κ2) is 5.30. The normalized spacial score (nSPS) is 19.7. The highest BCUT2D eigenvalue weighted by Gasteiger charge is 2.19. The topological polar surface area (TPSA) is 56.8 Å². The molecule has 1 aliphatic rings. The number of rotatable bonds is 2. The third-order valence-electron chi connectivity index (χ3n) is 3.24. The molecule has 1 aromatic carbocycles. The quantitative estimate of drug-likeness (QED) is 0.888. The fourth-order valence-corrected chi connectivity index (χ4v) is 2.51. The zero-order chi connectivity index (χ0) is 13.2. The van der Waals surface area contributed by atoms with Crippen molar-refractivity contribution in [1.29, 1.82) is 0 Å². The fourth-order valence-electron chi connectivity index (χ4n) is 2.25. The second-order valence-electron chi connectivity index (χ2n) is 4.79. The van der Waals surface area contributed by atoms with Crippen molar-refractivity contribution in [2.45, 2.75) is 13.0 Å². The van der Waals surface area contributed by atoms with Gasteiger partial charge in [-0.05, 0) is 19.1 Å². The summed E-state index contributed by atoms with van der Waals surface area (Å²) in [6, 6.07) is 8.53. The van der Waals surface area contributed by atoms with E-state index >= 15 is 0 Å². The lowest BCUT2D eigenvalue weighted by Gasteiger charge is -2.30. The highest BCUT2D eigenvalue weighted by molar-refractivity contribution is 9.10. The molecule has 0 radical (unpaired) electrons. The largest absolute Gasteiger partial charge is 0.337 e. The Morgan fingerprint density at radius 1 is 1.32 bits per heavy atom. The van der Waals surface area contributed by atoms with E-state index in [4.69, 9.17) is 0 Å². The Morgan fingerprint density at radius 3 is 2.84 bits per heavy atom. The van der Waals surface area contributed by atoms with Gasteiger partial charge in [0.05, 0.1) is 0 Å². The van der Waals surface area contributed by atoms with Crippen LogP contribution in [0.2, 0.25) is 0 Å². The van der Waals surface area contributed by atoms with Crippen molar-refractivity contribution in [3.05, 3.63) is 28.7 Å². The van der Waals surface area contributed by atoms with Crippen molar-refractivity contribution in [2.75, 3.05) is 24.5 Å². The number of aromatic amines is 1. The van der Waals surface area contributed by atoms with Crippen molar-refractivity contribution in [1.82, 2.24) is 20.5 Å². The van der Waals surface area contributed by atoms with Gasteiger partial charge in [-0.2, -0.15) is 4.98 Å². The number of nitrogens with zero attached hydrogens (tertiary/aromatic N) is 3. The van der Waals surface area contributed by atoms with Crippen LogP contribution in [0.1, 0.15) is 6.92 Å². The molecule has 0 bridgehead atoms. The summed E-state index contributed by atoms with van der Waals surface area (Å²) in [5.74, 6) is 1.60. The van der Waals surface area contributed by atoms with Crippen molar-refractivity contribution in [3.8, 4) is 11.4 Å². The lowest BCUT2D eigenvalue weighted by Crippen LogP contribution is -2.49. The number of nitrogens with one attached hydrogen (secondary N) is 2. The van der Waals surface area contributed by atoms with Gasteiger partial charge in [0.2, 0.25) is 5.95 Å². The average Bonchev–Trinajstić information content (AvgIpc) is 2.89. The number of piperazine rings is 1. The molecule has 0 amide bonds. The number of hydrogen-bond acceptors (Lipinski definition) is 4. The molecule has 3 rings (SSSR count). The summed E-state index contributed by atoms with van der Waals surface area (Å²) in [5, 5.41) is 10.8. The molecular formula is C13H16BrN5. The zero-order valence-corrected chi connectivity index (χ0v) is 12.3. The smallest absolute Gasteiger partial charge is 0.245 e. The van der Waals surface area contributed by atoms with Gasteiger partial charge >= 0.3 is 0 Å². The minimum Gasteiger partial charge on any atom is -0.337 e. The molecule has 5 nitrogen and oxygen atoms in total. The van der Waals surface area contributed by atoms with E-state index in [1.165, 1.54) is 0 Å². The highest BCUT2D eigenvalue weighted by Crippen LogP contribution is 2.20. The molecule has 1 atom stereocenters. The molecule has 2 heterocycles. The molecule has 0 aliphatic carbocycles. The Balaban J connectivity index is 1.81. The molecule has 1 aliphatic heterocycles. The van der Waals surface area contributed by atoms with Crippen LogP contribution in [-0.2, 0) is 0 Å². The van der Waals surface area contributed by atoms with Crippen LogP contribution >= 0.6 is 15.9 Å². The Labute approximate surface area is 120 Å². The van der Waals surface area contributed by atoms with E-state index in [1.807, 2.05) is 24.3 Å². The van der Waals surface area contributed by atoms with E-state index in [2.05, 4.69) is 48.3 Å². The Bertz CT molecular complexity index is 550. The zero-order valence-electron chi connectivity index (χ0n) is 10.7. The predicted octanol–water partition coefficient (Wildman–Crippen LogP) is 2.03. The van der Waals surface area contributed by atoms with E-state index < -0.39 is 0 Å². The SMILES string of the molecule is C[C@H]1CN(c2n[nH]c(-c3ccc(Br)cc3)n2)CCN1. The maximum atomic E-state index is 4.58. The van der Waals surface area contributed by atoms with Crippen LogP contribution in [0.25, 0.3) is 11.4 Å². The third kappa shape index (κ3) is 2.79. The average molecular weight is 322 g/mol. The molecule has 1 saturated heterocycles. The van der Waals surface area contributed by atoms with Gasteiger partial charge < -0.3 is 10.2 Å². The van der Waals surface area contributed by atoms with Crippen LogP contribution in [0, 0.1) is 0 Å². The third-order valence-corrected chi connectivity index (χ3v) is 3.77. The van der Waals surface area contributed by atoms with Gasteiger partial charge in [-0.25, -0.2) is 0 Å². The van der Waals surface area contributed by atoms with Crippen LogP contribution in [0.15, 0.2) is 28.7 Å². The molecular weight excluding hydrogens is 306 g/mol. The summed E-state index contributed by atoms with van der Waals surface area (Å²) in [4.78, 5) is 6.79. The fraction of sp³-hybridized carbons (Fsp3) is 0.385. The Morgan fingerprint density at radius 2 is 2.11 bits per heavy atom. The standard InChI is InChI=1S/C13H16BrN5/c1-9-8-19(7-6-15-9)13-16-12(17-18-13)10-2-4-11(14)5-3-10/h2-5,9,15H,6-8H2,1H3,(H,16,17,18)/t9-/m0/s1. The monoisotopic (exact) mass is 321 g/mol. The van der Waals surface area contributed by atoms with E-state index in [0.29, 0.717) is 6.04 Å². The van der Waals surface area contributed by atoms with Gasteiger partial charge in [-0.15, -0.1) is 5.10 Å². The first kappa shape index (κ1) is 12.6. The van der Waals surface area contributed by atoms with Crippen molar-refractivity contribution >= 4 is 21.9 Å². The van der Waals surface area contributed by atoms with Gasteiger partial charge in [0, 0.05) is 35.7 Å². The summed E-state index contributed by atoms with van der Waals surface area (Å²) in [6.07, 6.45) is 0. The van der Waals surface area contributed by atoms with Gasteiger partial charge in [-0.3, -0.25) is 5.10 Å². The van der Waals surface area contributed by atoms with E-state index in [1.54, 1.807) is 0 Å². The maximum Gasteiger partial charge on any atom is 0.245 e. The Hall–Kier alpha value is -1.40. The van der Waals surface area contributed by atoms with Crippen LogP contribution in [-0.4, -0.2) is 40.9 Å². The summed E-state index contributed by atoms with van der Waals surface area (Å²) in [6.45, 7) is 5.04. The first-order valence-corrected chi connectivity index (χ1v) is 7.18. The predicted molar refractivity (Wildman–Crippen MR) is 79.2 cm³/mol. The van der Waals surface area contributed by atoms with Crippen molar-refractivity contribution < 1.29 is 0 Å². The van der Waals surface area contributed by atoms with Crippen molar-refractivity contribution in [2.24, 2.45) is 0 Å². The summed E-state index contributed by atoms with van der Waals surface area (Å²) in [5.41, 5.74) is 1.05. The van der Waals surface area contributed by atoms with Gasteiger partial charge in [0.25, 0.3) is 0 Å².